The minimum atomic E-state index is -0.874. The van der Waals surface area contributed by atoms with Crippen LogP contribution in [0.1, 0.15) is 23.6 Å². The van der Waals surface area contributed by atoms with Crippen LogP contribution >= 0.6 is 0 Å². The van der Waals surface area contributed by atoms with Crippen molar-refractivity contribution in [2.45, 2.75) is 18.5 Å². The summed E-state index contributed by atoms with van der Waals surface area (Å²) in [7, 11) is 0. The van der Waals surface area contributed by atoms with Crippen molar-refractivity contribution in [3.05, 3.63) is 108 Å². The molecule has 0 aromatic heterocycles. The molecular weight excluding hydrogens is 350 g/mol. The molecule has 0 saturated heterocycles. The van der Waals surface area contributed by atoms with E-state index in [9.17, 15) is 9.90 Å². The average molecular weight is 375 g/mol. The van der Waals surface area contributed by atoms with E-state index in [0.29, 0.717) is 0 Å². The fraction of sp³-hybridized carbons (Fsp3) is 0.208. The highest BCUT2D eigenvalue weighted by Gasteiger charge is 2.39. The van der Waals surface area contributed by atoms with Gasteiger partial charge < -0.3 is 9.84 Å². The van der Waals surface area contributed by atoms with Crippen LogP contribution in [0.2, 0.25) is 0 Å². The number of esters is 1. The van der Waals surface area contributed by atoms with Gasteiger partial charge in [-0.1, -0.05) is 91.0 Å². The Morgan fingerprint density at radius 1 is 0.857 bits per heavy atom. The molecule has 28 heavy (non-hydrogen) atoms. The molecule has 0 fully saturated rings. The molecule has 4 heteroatoms. The lowest BCUT2D eigenvalue weighted by Crippen LogP contribution is -2.54. The van der Waals surface area contributed by atoms with Gasteiger partial charge in [0.25, 0.3) is 0 Å². The van der Waals surface area contributed by atoms with Crippen molar-refractivity contribution in [2.24, 2.45) is 0 Å². The van der Waals surface area contributed by atoms with Crippen molar-refractivity contribution < 1.29 is 14.6 Å². The van der Waals surface area contributed by atoms with E-state index >= 15 is 0 Å². The predicted molar refractivity (Wildman–Crippen MR) is 110 cm³/mol. The van der Waals surface area contributed by atoms with Crippen molar-refractivity contribution >= 4 is 5.97 Å². The molecule has 0 amide bonds. The molecule has 0 heterocycles. The number of rotatable bonds is 8. The van der Waals surface area contributed by atoms with Crippen LogP contribution in [-0.2, 0) is 15.1 Å². The second-order valence-corrected chi connectivity index (χ2v) is 6.48. The number of hydrogen-bond acceptors (Lipinski definition) is 4. The molecule has 3 aromatic carbocycles. The van der Waals surface area contributed by atoms with E-state index in [4.69, 9.17) is 4.74 Å². The molecule has 0 spiro atoms. The van der Waals surface area contributed by atoms with E-state index in [2.05, 4.69) is 5.32 Å². The number of aliphatic hydroxyl groups is 1. The molecule has 0 bridgehead atoms. The molecule has 0 unspecified atom stereocenters. The zero-order chi connectivity index (χ0) is 19.8. The maximum absolute atomic E-state index is 12.5. The highest BCUT2D eigenvalue weighted by atomic mass is 16.5. The van der Waals surface area contributed by atoms with Crippen molar-refractivity contribution in [1.82, 2.24) is 5.32 Å². The van der Waals surface area contributed by atoms with Crippen LogP contribution < -0.4 is 5.32 Å². The van der Waals surface area contributed by atoms with Crippen LogP contribution in [0.5, 0.6) is 0 Å². The first-order valence-corrected chi connectivity index (χ1v) is 9.44. The summed E-state index contributed by atoms with van der Waals surface area (Å²) < 4.78 is 5.19. The second kappa shape index (κ2) is 9.31. The van der Waals surface area contributed by atoms with Gasteiger partial charge in [0.15, 0.2) is 0 Å². The molecule has 4 nitrogen and oxygen atoms in total. The van der Waals surface area contributed by atoms with Gasteiger partial charge in [0.1, 0.15) is 6.04 Å². The molecule has 2 N–H and O–H groups in total. The molecule has 3 rings (SSSR count). The van der Waals surface area contributed by atoms with Crippen LogP contribution in [-0.4, -0.2) is 30.3 Å². The van der Waals surface area contributed by atoms with Crippen molar-refractivity contribution in [3.63, 3.8) is 0 Å². The Kier molecular flexibility index (Phi) is 6.58. The van der Waals surface area contributed by atoms with Crippen LogP contribution in [0.15, 0.2) is 91.0 Å². The first kappa shape index (κ1) is 19.8. The average Bonchev–Trinajstić information content (AvgIpc) is 2.77. The van der Waals surface area contributed by atoms with Crippen molar-refractivity contribution in [1.29, 1.82) is 0 Å². The lowest BCUT2D eigenvalue weighted by molar-refractivity contribution is -0.147. The highest BCUT2D eigenvalue weighted by Crippen LogP contribution is 2.37. The van der Waals surface area contributed by atoms with Gasteiger partial charge >= 0.3 is 5.97 Å². The quantitative estimate of drug-likeness (QED) is 0.467. The van der Waals surface area contributed by atoms with Gasteiger partial charge in [-0.15, -0.1) is 0 Å². The maximum Gasteiger partial charge on any atom is 0.325 e. The predicted octanol–water partition coefficient (Wildman–Crippen LogP) is 3.49. The summed E-state index contributed by atoms with van der Waals surface area (Å²) in [6.07, 6.45) is 0. The normalized spacial score (nSPS) is 12.4. The third kappa shape index (κ3) is 3.98. The van der Waals surface area contributed by atoms with Crippen LogP contribution in [0, 0.1) is 0 Å². The standard InChI is InChI=1S/C24H25NO3/c1-2-28-23(27)22(18-26)25-24(19-12-6-3-7-13-19,20-14-8-4-9-15-20)21-16-10-5-11-17-21/h3-17,22,25-26H,2,18H2,1H3/t22-/m0/s1. The van der Waals surface area contributed by atoms with Gasteiger partial charge in [-0.05, 0) is 23.6 Å². The van der Waals surface area contributed by atoms with Gasteiger partial charge in [0.2, 0.25) is 0 Å². The van der Waals surface area contributed by atoms with Crippen LogP contribution in [0.4, 0.5) is 0 Å². The minimum Gasteiger partial charge on any atom is -0.465 e. The molecule has 1 atom stereocenters. The fourth-order valence-electron chi connectivity index (χ4n) is 3.50. The van der Waals surface area contributed by atoms with Crippen LogP contribution in [0.3, 0.4) is 0 Å². The number of carbonyl (C=O) groups excluding carboxylic acids is 1. The summed E-state index contributed by atoms with van der Waals surface area (Å²) in [4.78, 5) is 12.5. The lowest BCUT2D eigenvalue weighted by atomic mass is 9.76. The van der Waals surface area contributed by atoms with Gasteiger partial charge in [0.05, 0.1) is 18.8 Å². The molecule has 0 radical (unpaired) electrons. The summed E-state index contributed by atoms with van der Waals surface area (Å²) in [6, 6.07) is 28.9. The molecule has 0 saturated carbocycles. The first-order valence-electron chi connectivity index (χ1n) is 9.44. The molecular formula is C24H25NO3. The van der Waals surface area contributed by atoms with E-state index in [1.165, 1.54) is 0 Å². The molecule has 0 aliphatic rings. The number of nitrogens with one attached hydrogen (secondary N) is 1. The van der Waals surface area contributed by atoms with Crippen molar-refractivity contribution in [2.75, 3.05) is 13.2 Å². The first-order chi connectivity index (χ1) is 13.7. The second-order valence-electron chi connectivity index (χ2n) is 6.48. The largest absolute Gasteiger partial charge is 0.465 e. The SMILES string of the molecule is CCOC(=O)[C@H](CO)NC(c1ccccc1)(c1ccccc1)c1ccccc1. The Labute approximate surface area is 165 Å². The van der Waals surface area contributed by atoms with E-state index in [1.807, 2.05) is 91.0 Å². The number of benzene rings is 3. The third-order valence-electron chi connectivity index (χ3n) is 4.76. The fourth-order valence-corrected chi connectivity index (χ4v) is 3.50. The van der Waals surface area contributed by atoms with Gasteiger partial charge in [-0.25, -0.2) is 0 Å². The van der Waals surface area contributed by atoms with Gasteiger partial charge in [-0.3, -0.25) is 10.1 Å². The summed E-state index contributed by atoms with van der Waals surface area (Å²) >= 11 is 0. The maximum atomic E-state index is 12.5. The minimum absolute atomic E-state index is 0.256. The van der Waals surface area contributed by atoms with Crippen LogP contribution in [0.25, 0.3) is 0 Å². The number of carbonyl (C=O) groups is 1. The van der Waals surface area contributed by atoms with Gasteiger partial charge in [-0.2, -0.15) is 0 Å². The van der Waals surface area contributed by atoms with E-state index in [-0.39, 0.29) is 13.2 Å². The molecule has 3 aromatic rings. The summed E-state index contributed by atoms with van der Waals surface area (Å²) in [6.45, 7) is 1.64. The molecule has 0 aliphatic heterocycles. The Hall–Kier alpha value is -2.95. The monoisotopic (exact) mass is 375 g/mol. The van der Waals surface area contributed by atoms with Gasteiger partial charge in [0, 0.05) is 0 Å². The number of aliphatic hydroxyl groups excluding tert-OH is 1. The smallest absolute Gasteiger partial charge is 0.325 e. The summed E-state index contributed by atoms with van der Waals surface area (Å²) in [5, 5.41) is 13.4. The Balaban J connectivity index is 2.23. The van der Waals surface area contributed by atoms with E-state index < -0.39 is 17.6 Å². The number of hydrogen-bond donors (Lipinski definition) is 2. The topological polar surface area (TPSA) is 58.6 Å². The summed E-state index contributed by atoms with van der Waals surface area (Å²) in [5.41, 5.74) is 2.07. The Bertz CT molecular complexity index is 769. The zero-order valence-corrected chi connectivity index (χ0v) is 15.9. The Morgan fingerprint density at radius 2 is 1.25 bits per heavy atom. The molecule has 144 valence electrons. The number of ether oxygens (including phenoxy) is 1. The third-order valence-corrected chi connectivity index (χ3v) is 4.76. The van der Waals surface area contributed by atoms with Crippen molar-refractivity contribution in [3.8, 4) is 0 Å². The van der Waals surface area contributed by atoms with E-state index in [1.54, 1.807) is 6.92 Å². The highest BCUT2D eigenvalue weighted by molar-refractivity contribution is 5.76. The summed E-state index contributed by atoms with van der Waals surface area (Å²) in [5.74, 6) is -0.475. The van der Waals surface area contributed by atoms with E-state index in [0.717, 1.165) is 16.7 Å². The molecule has 0 aliphatic carbocycles. The Morgan fingerprint density at radius 3 is 1.57 bits per heavy atom. The lowest BCUT2D eigenvalue weighted by Gasteiger charge is -2.39. The zero-order valence-electron chi connectivity index (χ0n) is 15.9.